The second kappa shape index (κ2) is 9.56. The zero-order valence-electron chi connectivity index (χ0n) is 20.4. The minimum absolute atomic E-state index is 0.0239. The number of aromatic nitrogens is 3. The van der Waals surface area contributed by atoms with Crippen LogP contribution in [0, 0.1) is 5.82 Å². The van der Waals surface area contributed by atoms with Gasteiger partial charge in [-0.25, -0.2) is 14.4 Å². The molecule has 2 aromatic heterocycles. The normalized spacial score (nSPS) is 16.5. The minimum Gasteiger partial charge on any atom is -0.494 e. The first-order valence-corrected chi connectivity index (χ1v) is 12.0. The van der Waals surface area contributed by atoms with E-state index in [1.165, 1.54) is 19.3 Å². The van der Waals surface area contributed by atoms with Crippen LogP contribution in [0.2, 0.25) is 0 Å². The Bertz CT molecular complexity index is 1350. The summed E-state index contributed by atoms with van der Waals surface area (Å²) in [4.78, 5) is 30.3. The molecular weight excluding hydrogens is 461 g/mol. The Balaban J connectivity index is 1.53. The SMILES string of the molecule is C=CC(=O)N1CCN(c2nc(/C=C/c3cc(OC)c(F)cn3)nc3ccc(OCC)cc23)CC12CC2. The molecule has 1 amide bonds. The van der Waals surface area contributed by atoms with E-state index >= 15 is 0 Å². The zero-order valence-corrected chi connectivity index (χ0v) is 20.4. The van der Waals surface area contributed by atoms with E-state index in [4.69, 9.17) is 19.4 Å². The molecule has 0 radical (unpaired) electrons. The maximum absolute atomic E-state index is 13.7. The molecule has 3 aromatic rings. The van der Waals surface area contributed by atoms with Crippen LogP contribution in [-0.4, -0.2) is 64.6 Å². The van der Waals surface area contributed by atoms with Crippen LogP contribution in [0.1, 0.15) is 31.3 Å². The number of carbonyl (C=O) groups excluding carboxylic acids is 1. The summed E-state index contributed by atoms with van der Waals surface area (Å²) in [5.74, 6) is 1.62. The number of piperazine rings is 1. The number of hydrogen-bond donors (Lipinski definition) is 0. The molecule has 5 rings (SSSR count). The average Bonchev–Trinajstić information content (AvgIpc) is 3.66. The summed E-state index contributed by atoms with van der Waals surface area (Å²) in [6.07, 6.45) is 7.92. The smallest absolute Gasteiger partial charge is 0.246 e. The molecule has 1 saturated heterocycles. The zero-order chi connectivity index (χ0) is 25.3. The number of halogens is 1. The molecule has 1 aliphatic carbocycles. The number of anilines is 1. The number of pyridine rings is 1. The van der Waals surface area contributed by atoms with Crippen LogP contribution in [0.15, 0.2) is 43.1 Å². The summed E-state index contributed by atoms with van der Waals surface area (Å²) in [6, 6.07) is 7.31. The molecule has 186 valence electrons. The fraction of sp³-hybridized carbons (Fsp3) is 0.333. The van der Waals surface area contributed by atoms with Crippen molar-refractivity contribution in [2.24, 2.45) is 0 Å². The van der Waals surface area contributed by atoms with E-state index in [2.05, 4.69) is 16.5 Å². The molecule has 3 heterocycles. The second-order valence-corrected chi connectivity index (χ2v) is 8.93. The highest BCUT2D eigenvalue weighted by atomic mass is 19.1. The Labute approximate surface area is 209 Å². The summed E-state index contributed by atoms with van der Waals surface area (Å²) < 4.78 is 24.5. The highest BCUT2D eigenvalue weighted by Gasteiger charge is 2.53. The Hall–Kier alpha value is -4.01. The molecular formula is C27H28FN5O3. The summed E-state index contributed by atoms with van der Waals surface area (Å²) in [7, 11) is 1.41. The number of hydrogen-bond acceptors (Lipinski definition) is 7. The van der Waals surface area contributed by atoms with Crippen molar-refractivity contribution in [3.63, 3.8) is 0 Å². The van der Waals surface area contributed by atoms with Crippen molar-refractivity contribution in [2.45, 2.75) is 25.3 Å². The molecule has 1 aromatic carbocycles. The van der Waals surface area contributed by atoms with Gasteiger partial charge in [-0.1, -0.05) is 6.58 Å². The molecule has 1 spiro atoms. The van der Waals surface area contributed by atoms with Crippen molar-refractivity contribution >= 4 is 34.8 Å². The molecule has 0 bridgehead atoms. The van der Waals surface area contributed by atoms with E-state index in [-0.39, 0.29) is 17.2 Å². The number of rotatable bonds is 7. The Kier molecular flexibility index (Phi) is 6.30. The molecule has 2 aliphatic rings. The van der Waals surface area contributed by atoms with Gasteiger partial charge in [0.15, 0.2) is 17.4 Å². The molecule has 0 unspecified atom stereocenters. The minimum atomic E-state index is -0.521. The first-order valence-electron chi connectivity index (χ1n) is 12.0. The van der Waals surface area contributed by atoms with E-state index in [0.717, 1.165) is 41.5 Å². The van der Waals surface area contributed by atoms with Crippen molar-refractivity contribution in [1.82, 2.24) is 19.9 Å². The van der Waals surface area contributed by atoms with Gasteiger partial charge in [0.2, 0.25) is 5.91 Å². The topological polar surface area (TPSA) is 80.7 Å². The van der Waals surface area contributed by atoms with E-state index in [0.29, 0.717) is 37.8 Å². The molecule has 2 fully saturated rings. The van der Waals surface area contributed by atoms with Crippen molar-refractivity contribution in [3.8, 4) is 11.5 Å². The number of amides is 1. The van der Waals surface area contributed by atoms with Crippen molar-refractivity contribution < 1.29 is 18.7 Å². The third kappa shape index (κ3) is 4.48. The van der Waals surface area contributed by atoms with E-state index < -0.39 is 5.82 Å². The van der Waals surface area contributed by atoms with Crippen LogP contribution in [0.4, 0.5) is 10.2 Å². The van der Waals surface area contributed by atoms with Gasteiger partial charge in [-0.15, -0.1) is 0 Å². The standard InChI is InChI=1S/C27H28FN5O3/c1-4-25(34)33-13-12-32(17-27(33)10-11-27)26-20-15-19(36-5-2)7-8-22(20)30-24(31-26)9-6-18-14-23(35-3)21(28)16-29-18/h4,6-9,14-16H,1,5,10-13,17H2,2-3H3/b9-6+. The lowest BCUT2D eigenvalue weighted by atomic mass is 10.1. The maximum Gasteiger partial charge on any atom is 0.246 e. The molecule has 9 heteroatoms. The Morgan fingerprint density at radius 3 is 2.78 bits per heavy atom. The van der Waals surface area contributed by atoms with E-state index in [9.17, 15) is 9.18 Å². The molecule has 1 saturated carbocycles. The summed E-state index contributed by atoms with van der Waals surface area (Å²) >= 11 is 0. The fourth-order valence-electron chi connectivity index (χ4n) is 4.71. The molecule has 0 N–H and O–H groups in total. The average molecular weight is 490 g/mol. The van der Waals surface area contributed by atoms with Crippen LogP contribution in [-0.2, 0) is 4.79 Å². The van der Waals surface area contributed by atoms with Gasteiger partial charge in [-0.05, 0) is 56.2 Å². The maximum atomic E-state index is 13.7. The lowest BCUT2D eigenvalue weighted by Gasteiger charge is -2.42. The van der Waals surface area contributed by atoms with Crippen LogP contribution in [0.25, 0.3) is 23.1 Å². The molecule has 1 aliphatic heterocycles. The van der Waals surface area contributed by atoms with Gasteiger partial charge in [0.1, 0.15) is 11.6 Å². The van der Waals surface area contributed by atoms with Crippen molar-refractivity contribution in [2.75, 3.05) is 38.3 Å². The van der Waals surface area contributed by atoms with Gasteiger partial charge >= 0.3 is 0 Å². The number of benzene rings is 1. The number of carbonyl (C=O) groups is 1. The highest BCUT2D eigenvalue weighted by molar-refractivity contribution is 5.92. The fourth-order valence-corrected chi connectivity index (χ4v) is 4.71. The summed E-state index contributed by atoms with van der Waals surface area (Å²) in [5, 5.41) is 0.888. The Morgan fingerprint density at radius 2 is 2.06 bits per heavy atom. The quantitative estimate of drug-likeness (QED) is 0.462. The third-order valence-electron chi connectivity index (χ3n) is 6.66. The predicted molar refractivity (Wildman–Crippen MR) is 136 cm³/mol. The van der Waals surface area contributed by atoms with Gasteiger partial charge in [0.05, 0.1) is 36.7 Å². The van der Waals surface area contributed by atoms with Crippen molar-refractivity contribution in [1.29, 1.82) is 0 Å². The largest absolute Gasteiger partial charge is 0.494 e. The van der Waals surface area contributed by atoms with E-state index in [1.807, 2.05) is 30.0 Å². The first-order chi connectivity index (χ1) is 17.5. The molecule has 8 nitrogen and oxygen atoms in total. The van der Waals surface area contributed by atoms with Crippen LogP contribution >= 0.6 is 0 Å². The monoisotopic (exact) mass is 489 g/mol. The number of fused-ring (bicyclic) bond motifs is 1. The van der Waals surface area contributed by atoms with Gasteiger partial charge in [0, 0.05) is 31.1 Å². The predicted octanol–water partition coefficient (Wildman–Crippen LogP) is 4.11. The van der Waals surface area contributed by atoms with Gasteiger partial charge in [0.25, 0.3) is 0 Å². The number of ether oxygens (including phenoxy) is 2. The highest BCUT2D eigenvalue weighted by Crippen LogP contribution is 2.45. The summed E-state index contributed by atoms with van der Waals surface area (Å²) in [6.45, 7) is 8.11. The van der Waals surface area contributed by atoms with Crippen molar-refractivity contribution in [3.05, 3.63) is 60.5 Å². The molecule has 0 atom stereocenters. The van der Waals surface area contributed by atoms with Crippen LogP contribution < -0.4 is 14.4 Å². The van der Waals surface area contributed by atoms with E-state index in [1.54, 1.807) is 12.2 Å². The van der Waals surface area contributed by atoms with Gasteiger partial charge < -0.3 is 19.3 Å². The lowest BCUT2D eigenvalue weighted by molar-refractivity contribution is -0.129. The van der Waals surface area contributed by atoms with Gasteiger partial charge in [-0.2, -0.15) is 0 Å². The molecule has 36 heavy (non-hydrogen) atoms. The summed E-state index contributed by atoms with van der Waals surface area (Å²) in [5.41, 5.74) is 1.13. The lowest BCUT2D eigenvalue weighted by Crippen LogP contribution is -2.57. The number of methoxy groups -OCH3 is 1. The first kappa shape index (κ1) is 23.7. The Morgan fingerprint density at radius 1 is 1.22 bits per heavy atom. The second-order valence-electron chi connectivity index (χ2n) is 8.93. The van der Waals surface area contributed by atoms with Gasteiger partial charge in [-0.3, -0.25) is 9.78 Å². The van der Waals surface area contributed by atoms with Crippen LogP contribution in [0.5, 0.6) is 11.5 Å². The van der Waals surface area contributed by atoms with Crippen LogP contribution in [0.3, 0.4) is 0 Å². The number of nitrogens with zero attached hydrogens (tertiary/aromatic N) is 5. The third-order valence-corrected chi connectivity index (χ3v) is 6.66.